The van der Waals surface area contributed by atoms with Crippen LogP contribution in [0.15, 0.2) is 54.6 Å². The summed E-state index contributed by atoms with van der Waals surface area (Å²) in [7, 11) is 0. The Labute approximate surface area is 142 Å². The Hall–Kier alpha value is -2.62. The molecule has 24 heavy (non-hydrogen) atoms. The Morgan fingerprint density at radius 1 is 1.08 bits per heavy atom. The lowest BCUT2D eigenvalue weighted by Gasteiger charge is -2.19. The molecule has 124 valence electrons. The fourth-order valence-electron chi connectivity index (χ4n) is 3.16. The minimum Gasteiger partial charge on any atom is -0.494 e. The van der Waals surface area contributed by atoms with E-state index in [0.29, 0.717) is 12.3 Å². The highest BCUT2D eigenvalue weighted by Gasteiger charge is 2.42. The molecule has 0 radical (unpaired) electrons. The van der Waals surface area contributed by atoms with Gasteiger partial charge in [-0.15, -0.1) is 0 Å². The lowest BCUT2D eigenvalue weighted by atomic mass is 9.86. The van der Waals surface area contributed by atoms with Crippen molar-refractivity contribution in [2.45, 2.75) is 26.2 Å². The maximum absolute atomic E-state index is 12.8. The summed E-state index contributed by atoms with van der Waals surface area (Å²) in [6.07, 6.45) is 0.252. The zero-order chi connectivity index (χ0) is 17.1. The Bertz CT molecular complexity index is 724. The van der Waals surface area contributed by atoms with E-state index in [4.69, 9.17) is 4.74 Å². The number of hydrogen-bond donors (Lipinski definition) is 0. The number of amides is 2. The second kappa shape index (κ2) is 6.87. The molecule has 1 aliphatic heterocycles. The average molecular weight is 323 g/mol. The summed E-state index contributed by atoms with van der Waals surface area (Å²) in [5, 5.41) is 0. The number of anilines is 1. The number of hydrogen-bond acceptors (Lipinski definition) is 3. The van der Waals surface area contributed by atoms with Crippen LogP contribution in [0.25, 0.3) is 0 Å². The van der Waals surface area contributed by atoms with E-state index in [0.717, 1.165) is 11.3 Å². The Morgan fingerprint density at radius 2 is 1.75 bits per heavy atom. The third kappa shape index (κ3) is 3.04. The van der Waals surface area contributed by atoms with Crippen LogP contribution in [0.2, 0.25) is 0 Å². The van der Waals surface area contributed by atoms with Crippen LogP contribution in [0.1, 0.15) is 31.7 Å². The van der Waals surface area contributed by atoms with Crippen LogP contribution >= 0.6 is 0 Å². The van der Waals surface area contributed by atoms with Crippen LogP contribution in [0, 0.1) is 5.92 Å². The van der Waals surface area contributed by atoms with Crippen molar-refractivity contribution in [2.24, 2.45) is 5.92 Å². The number of imide groups is 1. The molecular weight excluding hydrogens is 302 g/mol. The summed E-state index contributed by atoms with van der Waals surface area (Å²) in [5.41, 5.74) is 1.69. The minimum absolute atomic E-state index is 0.00958. The molecule has 2 aromatic rings. The number of benzene rings is 2. The topological polar surface area (TPSA) is 46.6 Å². The van der Waals surface area contributed by atoms with Crippen molar-refractivity contribution < 1.29 is 14.3 Å². The minimum atomic E-state index is -0.313. The lowest BCUT2D eigenvalue weighted by molar-refractivity contribution is -0.122. The van der Waals surface area contributed by atoms with Crippen molar-refractivity contribution in [3.8, 4) is 5.75 Å². The zero-order valence-corrected chi connectivity index (χ0v) is 13.9. The van der Waals surface area contributed by atoms with Gasteiger partial charge in [0.25, 0.3) is 0 Å². The summed E-state index contributed by atoms with van der Waals surface area (Å²) in [5.74, 6) is 0.161. The first-order chi connectivity index (χ1) is 11.6. The molecule has 0 N–H and O–H groups in total. The van der Waals surface area contributed by atoms with E-state index in [9.17, 15) is 9.59 Å². The molecule has 2 aromatic carbocycles. The second-order valence-electron chi connectivity index (χ2n) is 6.00. The molecule has 0 unspecified atom stereocenters. The standard InChI is InChI=1S/C20H21NO3/c1-3-24-17-11-9-16(10-12-17)21-19(22)13-18(20(21)23)14(2)15-7-5-4-6-8-15/h4-12,14,18H,3,13H2,1-2H3/t14-,18+/m0/s1. The number of carbonyl (C=O) groups excluding carboxylic acids is 2. The van der Waals surface area contributed by atoms with Gasteiger partial charge in [0, 0.05) is 6.42 Å². The second-order valence-corrected chi connectivity index (χ2v) is 6.00. The Balaban J connectivity index is 1.81. The molecule has 0 spiro atoms. The number of carbonyl (C=O) groups is 2. The van der Waals surface area contributed by atoms with Gasteiger partial charge in [0.1, 0.15) is 5.75 Å². The highest BCUT2D eigenvalue weighted by Crippen LogP contribution is 2.36. The number of ether oxygens (including phenoxy) is 1. The van der Waals surface area contributed by atoms with E-state index in [1.54, 1.807) is 24.3 Å². The van der Waals surface area contributed by atoms with Crippen molar-refractivity contribution in [1.29, 1.82) is 0 Å². The highest BCUT2D eigenvalue weighted by molar-refractivity contribution is 6.21. The maximum atomic E-state index is 12.8. The predicted octanol–water partition coefficient (Wildman–Crippen LogP) is 3.77. The first-order valence-electron chi connectivity index (χ1n) is 8.26. The summed E-state index contributed by atoms with van der Waals surface area (Å²) >= 11 is 0. The predicted molar refractivity (Wildman–Crippen MR) is 93.1 cm³/mol. The van der Waals surface area contributed by atoms with E-state index >= 15 is 0 Å². The lowest BCUT2D eigenvalue weighted by Crippen LogP contribution is -2.31. The molecule has 0 aromatic heterocycles. The monoisotopic (exact) mass is 323 g/mol. The van der Waals surface area contributed by atoms with Gasteiger partial charge in [0.2, 0.25) is 11.8 Å². The van der Waals surface area contributed by atoms with E-state index < -0.39 is 0 Å². The molecule has 1 heterocycles. The third-order valence-corrected chi connectivity index (χ3v) is 4.52. The smallest absolute Gasteiger partial charge is 0.237 e. The van der Waals surface area contributed by atoms with Gasteiger partial charge in [0.05, 0.1) is 18.2 Å². The fourth-order valence-corrected chi connectivity index (χ4v) is 3.16. The van der Waals surface area contributed by atoms with E-state index in [-0.39, 0.29) is 30.1 Å². The zero-order valence-electron chi connectivity index (χ0n) is 13.9. The summed E-state index contributed by atoms with van der Waals surface area (Å²) in [6, 6.07) is 17.0. The van der Waals surface area contributed by atoms with E-state index in [1.165, 1.54) is 4.90 Å². The molecule has 1 fully saturated rings. The SMILES string of the molecule is CCOc1ccc(N2C(=O)C[C@H]([C@@H](C)c3ccccc3)C2=O)cc1. The van der Waals surface area contributed by atoms with Gasteiger partial charge >= 0.3 is 0 Å². The van der Waals surface area contributed by atoms with Crippen molar-refractivity contribution in [2.75, 3.05) is 11.5 Å². The molecule has 0 aliphatic carbocycles. The first kappa shape index (κ1) is 16.2. The summed E-state index contributed by atoms with van der Waals surface area (Å²) < 4.78 is 5.41. The van der Waals surface area contributed by atoms with Gasteiger partial charge in [-0.25, -0.2) is 0 Å². The van der Waals surface area contributed by atoms with Gasteiger partial charge in [-0.3, -0.25) is 14.5 Å². The number of rotatable bonds is 5. The Kier molecular flexibility index (Phi) is 4.65. The largest absolute Gasteiger partial charge is 0.494 e. The molecule has 1 aliphatic rings. The van der Waals surface area contributed by atoms with Crippen LogP contribution in [0.4, 0.5) is 5.69 Å². The van der Waals surface area contributed by atoms with Gasteiger partial charge in [-0.2, -0.15) is 0 Å². The van der Waals surface area contributed by atoms with Crippen molar-refractivity contribution in [3.63, 3.8) is 0 Å². The summed E-state index contributed by atoms with van der Waals surface area (Å²) in [4.78, 5) is 26.5. The molecule has 1 saturated heterocycles. The molecule has 4 heteroatoms. The molecule has 0 saturated carbocycles. The average Bonchev–Trinajstić information content (AvgIpc) is 2.91. The van der Waals surface area contributed by atoms with E-state index in [1.807, 2.05) is 44.2 Å². The quantitative estimate of drug-likeness (QED) is 0.787. The van der Waals surface area contributed by atoms with Crippen molar-refractivity contribution in [1.82, 2.24) is 0 Å². The fraction of sp³-hybridized carbons (Fsp3) is 0.300. The highest BCUT2D eigenvalue weighted by atomic mass is 16.5. The van der Waals surface area contributed by atoms with Crippen LogP contribution in [0.3, 0.4) is 0 Å². The first-order valence-corrected chi connectivity index (χ1v) is 8.26. The van der Waals surface area contributed by atoms with Gasteiger partial charge in [0.15, 0.2) is 0 Å². The van der Waals surface area contributed by atoms with Crippen LogP contribution in [0.5, 0.6) is 5.75 Å². The Morgan fingerprint density at radius 3 is 2.38 bits per heavy atom. The molecular formula is C20H21NO3. The molecule has 2 amide bonds. The third-order valence-electron chi connectivity index (χ3n) is 4.52. The van der Waals surface area contributed by atoms with E-state index in [2.05, 4.69) is 0 Å². The molecule has 3 rings (SSSR count). The van der Waals surface area contributed by atoms with Crippen LogP contribution in [-0.4, -0.2) is 18.4 Å². The summed E-state index contributed by atoms with van der Waals surface area (Å²) in [6.45, 7) is 4.50. The normalized spacial score (nSPS) is 18.8. The van der Waals surface area contributed by atoms with Crippen molar-refractivity contribution in [3.05, 3.63) is 60.2 Å². The van der Waals surface area contributed by atoms with Gasteiger partial charge in [-0.1, -0.05) is 37.3 Å². The van der Waals surface area contributed by atoms with Gasteiger partial charge in [-0.05, 0) is 42.7 Å². The molecule has 0 bridgehead atoms. The number of nitrogens with zero attached hydrogens (tertiary/aromatic N) is 1. The van der Waals surface area contributed by atoms with Gasteiger partial charge < -0.3 is 4.74 Å². The maximum Gasteiger partial charge on any atom is 0.237 e. The van der Waals surface area contributed by atoms with Crippen LogP contribution < -0.4 is 9.64 Å². The van der Waals surface area contributed by atoms with Crippen LogP contribution in [-0.2, 0) is 9.59 Å². The van der Waals surface area contributed by atoms with Crippen molar-refractivity contribution >= 4 is 17.5 Å². The molecule has 4 nitrogen and oxygen atoms in total. The molecule has 2 atom stereocenters.